The molecule has 4 atom stereocenters. The van der Waals surface area contributed by atoms with E-state index in [2.05, 4.69) is 20.3 Å². The number of nitrogens with one attached hydrogen (secondary N) is 2. The van der Waals surface area contributed by atoms with Crippen LogP contribution in [0.2, 0.25) is 0 Å². The van der Waals surface area contributed by atoms with E-state index in [1.807, 2.05) is 0 Å². The number of hydrogen-bond donors (Lipinski definition) is 4. The number of thioether (sulfide) groups is 1. The highest BCUT2D eigenvalue weighted by Gasteiger charge is 2.35. The molecule has 2 fully saturated rings. The van der Waals surface area contributed by atoms with Gasteiger partial charge in [-0.2, -0.15) is 0 Å². The number of carbonyl (C=O) groups excluding carboxylic acids is 1. The number of amides is 1. The van der Waals surface area contributed by atoms with Crippen molar-refractivity contribution in [2.75, 3.05) is 12.4 Å². The lowest BCUT2D eigenvalue weighted by atomic mass is 10.1. The number of aliphatic carboxylic acids is 1. The number of carboxylic acids is 1. The average Bonchev–Trinajstić information content (AvgIpc) is 3.25. The summed E-state index contributed by atoms with van der Waals surface area (Å²) in [5.74, 6) is -0.623. The number of aromatic amines is 1. The number of nitrogens with zero attached hydrogens (tertiary/aromatic N) is 4. The maximum absolute atomic E-state index is 11.7. The van der Waals surface area contributed by atoms with Crippen molar-refractivity contribution in [1.82, 2.24) is 14.9 Å². The molecule has 0 radical (unpaired) electrons. The van der Waals surface area contributed by atoms with E-state index in [9.17, 15) is 19.2 Å². The molecule has 1 amide bonds. The molecule has 14 heteroatoms. The summed E-state index contributed by atoms with van der Waals surface area (Å²) in [6.45, 7) is 1.26. The fourth-order valence-electron chi connectivity index (χ4n) is 2.56. The van der Waals surface area contributed by atoms with Gasteiger partial charge in [0.25, 0.3) is 10.8 Å². The molecule has 152 valence electrons. The van der Waals surface area contributed by atoms with Crippen LogP contribution in [0.3, 0.4) is 0 Å². The topological polar surface area (TPSA) is 199 Å². The van der Waals surface area contributed by atoms with Crippen molar-refractivity contribution in [2.24, 2.45) is 5.11 Å². The molecule has 2 saturated heterocycles. The zero-order valence-corrected chi connectivity index (χ0v) is 15.5. The number of ether oxygens (including phenoxy) is 1. The summed E-state index contributed by atoms with van der Waals surface area (Å²) in [6, 6.07) is -1.22. The summed E-state index contributed by atoms with van der Waals surface area (Å²) in [5.41, 5.74) is 7.76. The molecule has 2 aliphatic heterocycles. The number of rotatable bonds is 4. The molecule has 0 spiro atoms. The van der Waals surface area contributed by atoms with Crippen LogP contribution < -0.4 is 16.6 Å². The highest BCUT2D eigenvalue weighted by molar-refractivity contribution is 8.14. The van der Waals surface area contributed by atoms with Gasteiger partial charge in [-0.3, -0.25) is 19.1 Å². The fourth-order valence-corrected chi connectivity index (χ4v) is 3.33. The van der Waals surface area contributed by atoms with Crippen molar-refractivity contribution in [3.8, 4) is 0 Å². The average molecular weight is 414 g/mol. The molecule has 0 bridgehead atoms. The Labute approximate surface area is 161 Å². The molecule has 4 N–H and O–H groups in total. The molecule has 0 saturated carbocycles. The first-order chi connectivity index (χ1) is 13.3. The lowest BCUT2D eigenvalue weighted by Crippen LogP contribution is -2.33. The molecular formula is C14H18N6O7S. The summed E-state index contributed by atoms with van der Waals surface area (Å²) in [7, 11) is 0. The first-order valence-electron chi connectivity index (χ1n) is 8.05. The number of H-pyrrole nitrogens is 1. The van der Waals surface area contributed by atoms with E-state index in [4.69, 9.17) is 20.5 Å². The number of aryl methyl sites for hydroxylation is 1. The maximum Gasteiger partial charge on any atom is 0.330 e. The molecule has 3 heterocycles. The second kappa shape index (κ2) is 9.41. The number of hydrogen-bond acceptors (Lipinski definition) is 8. The number of aliphatic hydroxyl groups is 1. The van der Waals surface area contributed by atoms with Gasteiger partial charge in [-0.05, 0) is 12.5 Å². The third-order valence-corrected chi connectivity index (χ3v) is 4.89. The molecule has 2 aliphatic rings. The Hall–Kier alpha value is -2.80. The molecule has 1 aromatic heterocycles. The van der Waals surface area contributed by atoms with Gasteiger partial charge in [-0.25, -0.2) is 9.59 Å². The van der Waals surface area contributed by atoms with E-state index >= 15 is 0 Å². The predicted molar refractivity (Wildman–Crippen MR) is 97.0 cm³/mol. The first kappa shape index (κ1) is 21.5. The van der Waals surface area contributed by atoms with Crippen LogP contribution >= 0.6 is 11.8 Å². The standard InChI is InChI=1S/C10H13N5O4.C4H5NO3S/c1-5-3-15(10(18)12-9(5)17)8-2-6(13-14-11)7(4-16)19-8;6-3(7)2-1-9-4(8)5-2/h3,6-8,16H,2,4H2,1H3,(H,12,17,18);2H,1H2,(H,5,8)(H,6,7)/t6-,7+,8+;/m0./s1. The van der Waals surface area contributed by atoms with Gasteiger partial charge in [0.1, 0.15) is 12.3 Å². The van der Waals surface area contributed by atoms with Gasteiger partial charge < -0.3 is 20.3 Å². The molecule has 1 unspecified atom stereocenters. The zero-order chi connectivity index (χ0) is 20.8. The van der Waals surface area contributed by atoms with Gasteiger partial charge >= 0.3 is 11.7 Å². The minimum Gasteiger partial charge on any atom is -0.480 e. The maximum atomic E-state index is 11.7. The van der Waals surface area contributed by atoms with Crippen LogP contribution in [0.5, 0.6) is 0 Å². The van der Waals surface area contributed by atoms with Gasteiger partial charge in [-0.15, -0.1) is 0 Å². The van der Waals surface area contributed by atoms with E-state index in [0.29, 0.717) is 11.3 Å². The Morgan fingerprint density at radius 3 is 2.71 bits per heavy atom. The fraction of sp³-hybridized carbons (Fsp3) is 0.571. The minimum atomic E-state index is -0.964. The van der Waals surface area contributed by atoms with Crippen molar-refractivity contribution in [3.63, 3.8) is 0 Å². The van der Waals surface area contributed by atoms with Crippen molar-refractivity contribution in [3.05, 3.63) is 43.0 Å². The van der Waals surface area contributed by atoms with Gasteiger partial charge in [0.2, 0.25) is 0 Å². The monoisotopic (exact) mass is 414 g/mol. The Kier molecular flexibility index (Phi) is 7.23. The Bertz CT molecular complexity index is 908. The third-order valence-electron chi connectivity index (χ3n) is 4.01. The molecule has 13 nitrogen and oxygen atoms in total. The van der Waals surface area contributed by atoms with E-state index in [0.717, 1.165) is 11.8 Å². The van der Waals surface area contributed by atoms with Crippen molar-refractivity contribution in [2.45, 2.75) is 37.8 Å². The van der Waals surface area contributed by atoms with Crippen LogP contribution in [0.15, 0.2) is 20.9 Å². The Balaban J connectivity index is 0.000000261. The second-order valence-corrected chi connectivity index (χ2v) is 6.92. The largest absolute Gasteiger partial charge is 0.480 e. The van der Waals surface area contributed by atoms with Crippen LogP contribution in [0.1, 0.15) is 18.2 Å². The molecule has 0 aliphatic carbocycles. The molecular weight excluding hydrogens is 396 g/mol. The molecule has 1 aromatic rings. The highest BCUT2D eigenvalue weighted by Crippen LogP contribution is 2.29. The van der Waals surface area contributed by atoms with E-state index in [-0.39, 0.29) is 18.3 Å². The summed E-state index contributed by atoms with van der Waals surface area (Å²) in [6.07, 6.45) is 0.329. The Morgan fingerprint density at radius 1 is 1.50 bits per heavy atom. The second-order valence-electron chi connectivity index (χ2n) is 5.93. The third kappa shape index (κ3) is 5.13. The predicted octanol–water partition coefficient (Wildman–Crippen LogP) is -0.300. The smallest absolute Gasteiger partial charge is 0.330 e. The van der Waals surface area contributed by atoms with Crippen LogP contribution in [0.4, 0.5) is 4.79 Å². The van der Waals surface area contributed by atoms with Gasteiger partial charge in [0.15, 0.2) is 0 Å². The van der Waals surface area contributed by atoms with Crippen LogP contribution in [-0.4, -0.2) is 61.5 Å². The lowest BCUT2D eigenvalue weighted by Gasteiger charge is -2.14. The van der Waals surface area contributed by atoms with Crippen LogP contribution in [-0.2, 0) is 9.53 Å². The highest BCUT2D eigenvalue weighted by atomic mass is 32.2. The summed E-state index contributed by atoms with van der Waals surface area (Å²) in [4.78, 5) is 48.3. The van der Waals surface area contributed by atoms with Gasteiger partial charge in [0.05, 0.1) is 18.8 Å². The van der Waals surface area contributed by atoms with Gasteiger partial charge in [-0.1, -0.05) is 16.9 Å². The number of carboxylic acid groups (broad SMARTS) is 1. The normalized spacial score (nSPS) is 26.0. The van der Waals surface area contributed by atoms with Crippen molar-refractivity contribution in [1.29, 1.82) is 0 Å². The quantitative estimate of drug-likeness (QED) is 0.292. The number of aliphatic hydroxyl groups excluding tert-OH is 1. The van der Waals surface area contributed by atoms with E-state index in [1.54, 1.807) is 6.92 Å². The van der Waals surface area contributed by atoms with Crippen molar-refractivity contribution >= 4 is 23.0 Å². The number of azide groups is 1. The lowest BCUT2D eigenvalue weighted by molar-refractivity contribution is -0.138. The van der Waals surface area contributed by atoms with E-state index < -0.39 is 41.6 Å². The molecule has 28 heavy (non-hydrogen) atoms. The summed E-state index contributed by atoms with van der Waals surface area (Å²) < 4.78 is 6.69. The first-order valence-corrected chi connectivity index (χ1v) is 9.04. The summed E-state index contributed by atoms with van der Waals surface area (Å²) >= 11 is 1.00. The van der Waals surface area contributed by atoms with Crippen LogP contribution in [0.25, 0.3) is 10.4 Å². The SMILES string of the molecule is Cc1cn([C@H]2C[C@H](N=[N+]=[N-])[C@@H](CO)O2)c(=O)[nH]c1=O.O=C1NC(C(=O)O)CS1. The van der Waals surface area contributed by atoms with Gasteiger partial charge in [0, 0.05) is 28.8 Å². The van der Waals surface area contributed by atoms with Crippen molar-refractivity contribution < 1.29 is 24.5 Å². The summed E-state index contributed by atoms with van der Waals surface area (Å²) in [5, 5.41) is 23.0. The minimum absolute atomic E-state index is 0.248. The number of aromatic nitrogens is 2. The zero-order valence-electron chi connectivity index (χ0n) is 14.6. The van der Waals surface area contributed by atoms with Crippen LogP contribution in [0, 0.1) is 6.92 Å². The number of carbonyl (C=O) groups is 2. The molecule has 0 aromatic carbocycles. The molecule has 3 rings (SSSR count). The Morgan fingerprint density at radius 2 is 2.21 bits per heavy atom. The van der Waals surface area contributed by atoms with E-state index in [1.165, 1.54) is 10.8 Å².